The molecule has 11 nitrogen and oxygen atoms in total. The number of carboxylic acids is 1. The largest absolute Gasteiger partial charge is 0.478 e. The van der Waals surface area contributed by atoms with Gasteiger partial charge < -0.3 is 19.9 Å². The van der Waals surface area contributed by atoms with Crippen molar-refractivity contribution >= 4 is 28.0 Å². The number of benzene rings is 2. The number of carbonyl (C=O) groups is 2. The summed E-state index contributed by atoms with van der Waals surface area (Å²) in [7, 11) is -4.30. The van der Waals surface area contributed by atoms with Crippen LogP contribution in [0.3, 0.4) is 0 Å². The predicted octanol–water partition coefficient (Wildman–Crippen LogP) is 8.09. The number of aromatic carboxylic acids is 1. The number of alkyl carbamates (subject to hydrolysis) is 1. The molecule has 0 spiro atoms. The third kappa shape index (κ3) is 10.9. The molecule has 0 bridgehead atoms. The van der Waals surface area contributed by atoms with E-state index >= 15 is 0 Å². The maximum absolute atomic E-state index is 13.6. The Morgan fingerprint density at radius 1 is 0.980 bits per heavy atom. The monoisotopic (exact) mass is 708 g/mol. The molecule has 2 aromatic carbocycles. The van der Waals surface area contributed by atoms with E-state index in [4.69, 9.17) is 14.5 Å². The van der Waals surface area contributed by atoms with Gasteiger partial charge in [-0.3, -0.25) is 0 Å². The maximum Gasteiger partial charge on any atom is 0.407 e. The van der Waals surface area contributed by atoms with Gasteiger partial charge in [0, 0.05) is 11.1 Å². The average molecular weight is 709 g/mol. The van der Waals surface area contributed by atoms with Crippen LogP contribution in [0, 0.1) is 25.2 Å². The highest BCUT2D eigenvalue weighted by atomic mass is 32.2. The lowest BCUT2D eigenvalue weighted by molar-refractivity contribution is 0.0470. The van der Waals surface area contributed by atoms with E-state index in [0.717, 1.165) is 42.0 Å². The van der Waals surface area contributed by atoms with Gasteiger partial charge in [-0.2, -0.15) is 4.98 Å². The fourth-order valence-electron chi connectivity index (χ4n) is 6.39. The Labute approximate surface area is 296 Å². The highest BCUT2D eigenvalue weighted by Gasteiger charge is 2.27. The molecule has 0 saturated heterocycles. The van der Waals surface area contributed by atoms with E-state index < -0.39 is 33.7 Å². The summed E-state index contributed by atoms with van der Waals surface area (Å²) >= 11 is 0. The lowest BCUT2D eigenvalue weighted by atomic mass is 9.82. The number of carboxylic acid groups (broad SMARTS) is 1. The minimum Gasteiger partial charge on any atom is -0.478 e. The van der Waals surface area contributed by atoms with Crippen LogP contribution in [0.15, 0.2) is 47.4 Å². The molecule has 1 atom stereocenters. The number of nitrogens with one attached hydrogen (secondary N) is 2. The van der Waals surface area contributed by atoms with Crippen molar-refractivity contribution in [1.82, 2.24) is 15.3 Å². The number of hydrogen-bond donors (Lipinski definition) is 3. The Bertz CT molecular complexity index is 1790. The predicted molar refractivity (Wildman–Crippen MR) is 194 cm³/mol. The van der Waals surface area contributed by atoms with Crippen molar-refractivity contribution in [2.45, 2.75) is 117 Å². The smallest absolute Gasteiger partial charge is 0.407 e. The van der Waals surface area contributed by atoms with Crippen LogP contribution in [0.5, 0.6) is 5.88 Å². The topological polar surface area (TPSA) is 157 Å². The van der Waals surface area contributed by atoms with Crippen molar-refractivity contribution in [3.8, 4) is 17.1 Å². The second-order valence-corrected chi connectivity index (χ2v) is 17.2. The highest BCUT2D eigenvalue weighted by Crippen LogP contribution is 2.37. The van der Waals surface area contributed by atoms with E-state index in [0.29, 0.717) is 23.6 Å². The Hall–Kier alpha value is -4.19. The number of carbonyl (C=O) groups excluding carboxylic acids is 1. The summed E-state index contributed by atoms with van der Waals surface area (Å²) in [6.45, 7) is 15.4. The van der Waals surface area contributed by atoms with Gasteiger partial charge in [0.15, 0.2) is 0 Å². The summed E-state index contributed by atoms with van der Waals surface area (Å²) in [5, 5.41) is 12.4. The molecule has 1 saturated carbocycles. The number of rotatable bonds is 12. The van der Waals surface area contributed by atoms with E-state index in [1.807, 2.05) is 26.0 Å². The number of ether oxygens (including phenoxy) is 2. The molecule has 1 aliphatic carbocycles. The average Bonchev–Trinajstić information content (AvgIpc) is 3.00. The SMILES string of the molecule is Cc1cccc(CC2CCCCC2)c1-c1nc(NS(=O)(=O)c2cccc(C(=O)O)c2)nc(OC[C@@H](CC(C)(C)C)NC(=O)OC(C)(C)C)c1C. The van der Waals surface area contributed by atoms with E-state index in [1.54, 1.807) is 20.8 Å². The van der Waals surface area contributed by atoms with Gasteiger partial charge in [-0.25, -0.2) is 27.7 Å². The van der Waals surface area contributed by atoms with E-state index in [-0.39, 0.29) is 34.3 Å². The summed E-state index contributed by atoms with van der Waals surface area (Å²) in [5.41, 5.74) is 3.11. The zero-order chi connectivity index (χ0) is 36.9. The molecular formula is C38H52N4O7S. The Balaban J connectivity index is 1.78. The Kier molecular flexibility index (Phi) is 12.2. The molecule has 3 N–H and O–H groups in total. The molecule has 0 radical (unpaired) electrons. The minimum absolute atomic E-state index is 0.0311. The molecule has 1 amide bonds. The number of nitrogens with zero attached hydrogens (tertiary/aromatic N) is 2. The molecule has 1 fully saturated rings. The molecule has 1 heterocycles. The van der Waals surface area contributed by atoms with Gasteiger partial charge in [0.1, 0.15) is 12.2 Å². The van der Waals surface area contributed by atoms with Gasteiger partial charge in [-0.05, 0) is 88.1 Å². The Morgan fingerprint density at radius 2 is 1.66 bits per heavy atom. The molecule has 0 aliphatic heterocycles. The van der Waals surface area contributed by atoms with Crippen LogP contribution in [0.25, 0.3) is 11.3 Å². The van der Waals surface area contributed by atoms with Gasteiger partial charge in [-0.1, -0.05) is 77.1 Å². The summed E-state index contributed by atoms with van der Waals surface area (Å²) in [4.78, 5) is 33.4. The van der Waals surface area contributed by atoms with Crippen LogP contribution in [-0.2, 0) is 21.2 Å². The lowest BCUT2D eigenvalue weighted by Crippen LogP contribution is -2.44. The third-order valence-electron chi connectivity index (χ3n) is 8.55. The number of aromatic nitrogens is 2. The van der Waals surface area contributed by atoms with Crippen molar-refractivity contribution in [3.05, 3.63) is 64.7 Å². The molecule has 1 aliphatic rings. The third-order valence-corrected chi connectivity index (χ3v) is 9.87. The second kappa shape index (κ2) is 15.8. The molecular weight excluding hydrogens is 657 g/mol. The van der Waals surface area contributed by atoms with E-state index in [1.165, 1.54) is 37.5 Å². The van der Waals surface area contributed by atoms with Crippen LogP contribution in [-0.4, -0.2) is 53.8 Å². The number of anilines is 1. The highest BCUT2D eigenvalue weighted by molar-refractivity contribution is 7.92. The van der Waals surface area contributed by atoms with Gasteiger partial charge in [0.25, 0.3) is 10.0 Å². The maximum atomic E-state index is 13.6. The van der Waals surface area contributed by atoms with Crippen LogP contribution in [0.4, 0.5) is 10.7 Å². The standard InChI is InChI=1S/C38H52N4O7S/c1-24-14-12-17-27(20-26-15-10-9-11-16-26)31(24)32-25(2)33(48-23-29(22-37(3,4)5)39-36(45)49-38(6,7)8)41-35(40-32)42-50(46,47)30-19-13-18-28(21-30)34(43)44/h12-14,17-19,21,26,29H,9-11,15-16,20,22-23H2,1-8H3,(H,39,45)(H,43,44)(H,40,41,42)/t29-/m1/s1. The first-order chi connectivity index (χ1) is 23.3. The fraction of sp³-hybridized carbons (Fsp3) is 0.526. The van der Waals surface area contributed by atoms with Crippen molar-refractivity contribution < 1.29 is 32.6 Å². The first-order valence-electron chi connectivity index (χ1n) is 17.3. The van der Waals surface area contributed by atoms with Crippen molar-refractivity contribution in [2.75, 3.05) is 11.3 Å². The molecule has 4 rings (SSSR count). The van der Waals surface area contributed by atoms with Crippen molar-refractivity contribution in [3.63, 3.8) is 0 Å². The fourth-order valence-corrected chi connectivity index (χ4v) is 7.37. The molecule has 12 heteroatoms. The summed E-state index contributed by atoms with van der Waals surface area (Å²) in [6, 6.07) is 10.8. The molecule has 3 aromatic rings. The number of amides is 1. The van der Waals surface area contributed by atoms with E-state index in [9.17, 15) is 23.1 Å². The molecule has 0 unspecified atom stereocenters. The number of sulfonamides is 1. The first kappa shape index (κ1) is 38.6. The molecule has 1 aromatic heterocycles. The van der Waals surface area contributed by atoms with Gasteiger partial charge in [-0.15, -0.1) is 0 Å². The molecule has 50 heavy (non-hydrogen) atoms. The molecule has 272 valence electrons. The van der Waals surface area contributed by atoms with Crippen LogP contribution in [0.2, 0.25) is 0 Å². The van der Waals surface area contributed by atoms with Crippen molar-refractivity contribution in [1.29, 1.82) is 0 Å². The van der Waals surface area contributed by atoms with Crippen LogP contribution in [0.1, 0.15) is 107 Å². The lowest BCUT2D eigenvalue weighted by Gasteiger charge is -2.28. The van der Waals surface area contributed by atoms with Crippen LogP contribution >= 0.6 is 0 Å². The number of aryl methyl sites for hydroxylation is 1. The summed E-state index contributed by atoms with van der Waals surface area (Å²) < 4.78 is 41.5. The Morgan fingerprint density at radius 3 is 2.30 bits per heavy atom. The summed E-state index contributed by atoms with van der Waals surface area (Å²) in [5.74, 6) is -0.774. The second-order valence-electron chi connectivity index (χ2n) is 15.5. The quantitative estimate of drug-likeness (QED) is 0.169. The van der Waals surface area contributed by atoms with Gasteiger partial charge in [0.2, 0.25) is 11.8 Å². The van der Waals surface area contributed by atoms with Crippen LogP contribution < -0.4 is 14.8 Å². The van der Waals surface area contributed by atoms with Gasteiger partial charge >= 0.3 is 12.1 Å². The first-order valence-corrected chi connectivity index (χ1v) is 18.8. The van der Waals surface area contributed by atoms with Gasteiger partial charge in [0.05, 0.1) is 22.2 Å². The number of hydrogen-bond acceptors (Lipinski definition) is 8. The van der Waals surface area contributed by atoms with Crippen molar-refractivity contribution in [2.24, 2.45) is 11.3 Å². The zero-order valence-corrected chi connectivity index (χ0v) is 31.4. The van der Waals surface area contributed by atoms with E-state index in [2.05, 4.69) is 41.9 Å². The summed E-state index contributed by atoms with van der Waals surface area (Å²) in [6.07, 6.45) is 6.84. The normalized spacial score (nSPS) is 14.9. The zero-order valence-electron chi connectivity index (χ0n) is 30.6. The minimum atomic E-state index is -4.30.